The number of carbonyl (C=O) groups is 12. The van der Waals surface area contributed by atoms with Crippen LogP contribution in [-0.2, 0) is 52.7 Å². The number of unbranched alkanes of at least 4 members (excludes halogenated alkanes) is 3. The standard InChI is InChI=1S/C62H112N12O13/c1-23-44-57(82)72(20)49(34-75)59(84)68(16)46(31-36(4)5)55(80)67-50(38(8)9)60(85)69(17)45(30-35(2)3)53(78)64-41(13)52(77)65-42(14)56(81)71(19)48(32-37(6)7)58(83)74(22)62(87)73(21)51(39(10)11)61(86)70(18)47(54(79)66-44)33-40(12)28-26-24-25-27-29-63-43(15)76/h35-42,44-51,75H,23-34H2,1-22H3,(H,63,76)(H,64,78)(H,65,77)(H,66,79)(H,67,80)/t40-,41-,42?,44+,45-,46+,47?,48-,49-,50-,51+/m1/s1. The molecule has 1 aliphatic heterocycles. The quantitative estimate of drug-likeness (QED) is 0.102. The maximum atomic E-state index is 15.1. The van der Waals surface area contributed by atoms with Crippen LogP contribution >= 0.6 is 0 Å². The summed E-state index contributed by atoms with van der Waals surface area (Å²) < 4.78 is 0. The number of urea groups is 1. The third-order valence-electron chi connectivity index (χ3n) is 16.4. The first kappa shape index (κ1) is 78.6. The van der Waals surface area contributed by atoms with Gasteiger partial charge < -0.3 is 61.1 Å². The van der Waals surface area contributed by atoms with Crippen LogP contribution in [0.4, 0.5) is 4.79 Å². The van der Waals surface area contributed by atoms with Crippen molar-refractivity contribution < 1.29 is 62.6 Å². The van der Waals surface area contributed by atoms with Crippen LogP contribution in [0, 0.1) is 35.5 Å². The Labute approximate surface area is 519 Å². The van der Waals surface area contributed by atoms with Crippen LogP contribution in [0.1, 0.15) is 168 Å². The summed E-state index contributed by atoms with van der Waals surface area (Å²) in [5, 5.41) is 24.6. The van der Waals surface area contributed by atoms with E-state index in [-0.39, 0.29) is 61.7 Å². The van der Waals surface area contributed by atoms with Gasteiger partial charge in [0.25, 0.3) is 5.91 Å². The van der Waals surface area contributed by atoms with Gasteiger partial charge in [0.1, 0.15) is 60.4 Å². The molecule has 13 amide bonds. The predicted molar refractivity (Wildman–Crippen MR) is 333 cm³/mol. The first-order valence-electron chi connectivity index (χ1n) is 31.2. The molecule has 1 saturated heterocycles. The van der Waals surface area contributed by atoms with E-state index in [9.17, 15) is 57.8 Å². The van der Waals surface area contributed by atoms with Crippen molar-refractivity contribution in [1.29, 1.82) is 0 Å². The van der Waals surface area contributed by atoms with Crippen molar-refractivity contribution in [3.63, 3.8) is 0 Å². The monoisotopic (exact) mass is 1230 g/mol. The molecule has 1 rings (SSSR count). The van der Waals surface area contributed by atoms with Crippen LogP contribution < -0.4 is 26.6 Å². The third-order valence-corrected chi connectivity index (χ3v) is 16.4. The molecular weight excluding hydrogens is 1120 g/mol. The summed E-state index contributed by atoms with van der Waals surface area (Å²) in [7, 11) is 9.47. The summed E-state index contributed by atoms with van der Waals surface area (Å²) in [6.45, 7) is 25.3. The van der Waals surface area contributed by atoms with Crippen LogP contribution in [-0.4, -0.2) is 233 Å². The number of aliphatic hydroxyl groups excluding tert-OH is 1. The van der Waals surface area contributed by atoms with Gasteiger partial charge in [-0.25, -0.2) is 4.79 Å². The second-order valence-corrected chi connectivity index (χ2v) is 26.1. The molecule has 0 aromatic carbocycles. The van der Waals surface area contributed by atoms with Gasteiger partial charge in [-0.1, -0.05) is 109 Å². The zero-order valence-electron chi connectivity index (χ0n) is 56.7. The minimum absolute atomic E-state index is 0.00400. The number of likely N-dealkylation sites (N-methyl/N-ethyl adjacent to an activating group) is 7. The summed E-state index contributed by atoms with van der Waals surface area (Å²) in [6, 6.07) is -13.6. The van der Waals surface area contributed by atoms with Crippen molar-refractivity contribution in [2.24, 2.45) is 35.5 Å². The Kier molecular flexibility index (Phi) is 33.3. The van der Waals surface area contributed by atoms with Gasteiger partial charge in [0.05, 0.1) is 6.61 Å². The lowest BCUT2D eigenvalue weighted by molar-refractivity contribution is -0.151. The lowest BCUT2D eigenvalue weighted by Gasteiger charge is -2.39. The van der Waals surface area contributed by atoms with E-state index in [1.54, 1.807) is 34.6 Å². The smallest absolute Gasteiger partial charge is 0.326 e. The van der Waals surface area contributed by atoms with E-state index >= 15 is 4.79 Å². The number of aliphatic hydroxyl groups is 1. The van der Waals surface area contributed by atoms with E-state index < -0.39 is 144 Å². The van der Waals surface area contributed by atoms with Crippen molar-refractivity contribution in [3.8, 4) is 0 Å². The summed E-state index contributed by atoms with van der Waals surface area (Å²) >= 11 is 0. The van der Waals surface area contributed by atoms with Gasteiger partial charge in [-0.3, -0.25) is 57.6 Å². The highest BCUT2D eigenvalue weighted by molar-refractivity contribution is 6.02. The molecule has 25 nitrogen and oxygen atoms in total. The average molecular weight is 1230 g/mol. The van der Waals surface area contributed by atoms with E-state index in [1.807, 2.05) is 48.5 Å². The first-order chi connectivity index (χ1) is 40.3. The number of amides is 13. The van der Waals surface area contributed by atoms with E-state index in [0.717, 1.165) is 50.2 Å². The molecule has 0 radical (unpaired) electrons. The fraction of sp³-hybridized carbons (Fsp3) is 0.806. The molecule has 87 heavy (non-hydrogen) atoms. The molecule has 0 saturated carbocycles. The topological polar surface area (TPSA) is 308 Å². The van der Waals surface area contributed by atoms with Crippen LogP contribution in [0.15, 0.2) is 0 Å². The summed E-state index contributed by atoms with van der Waals surface area (Å²) in [5.41, 5.74) is 0. The first-order valence-corrected chi connectivity index (χ1v) is 31.2. The molecular formula is C62H112N12O13. The zero-order chi connectivity index (χ0) is 67.2. The highest BCUT2D eigenvalue weighted by Crippen LogP contribution is 2.25. The van der Waals surface area contributed by atoms with E-state index in [0.29, 0.717) is 13.0 Å². The van der Waals surface area contributed by atoms with Crippen LogP contribution in [0.2, 0.25) is 0 Å². The van der Waals surface area contributed by atoms with Crippen molar-refractivity contribution in [3.05, 3.63) is 0 Å². The highest BCUT2D eigenvalue weighted by Gasteiger charge is 2.44. The molecule has 0 bridgehead atoms. The Hall–Kier alpha value is -6.40. The fourth-order valence-electron chi connectivity index (χ4n) is 10.9. The molecule has 2 unspecified atom stereocenters. The SMILES string of the molecule is CC[C@@H]1NC(=O)C(C[C@H](C)CCCCCCNC(C)=O)N(C)C(=O)[C@H](C(C)C)N(C)C(=O)N(C)C(=O)[C@@H](CC(C)C)N(C)C(=O)C(C)NC(=O)[C@@H](C)NC(=O)[C@@H](CC(C)C)N(C)C(=O)[C@@H](C(C)C)NC(=O)[C@H](CC(C)C)N(C)C(=O)[C@@H](CO)N(C)C1=O. The predicted octanol–water partition coefficient (Wildman–Crippen LogP) is 2.96. The van der Waals surface area contributed by atoms with E-state index in [1.165, 1.54) is 79.9 Å². The largest absolute Gasteiger partial charge is 0.394 e. The number of nitrogens with one attached hydrogen (secondary N) is 5. The minimum Gasteiger partial charge on any atom is -0.394 e. The summed E-state index contributed by atoms with van der Waals surface area (Å²) in [6.07, 6.45) is 4.30. The van der Waals surface area contributed by atoms with E-state index in [2.05, 4.69) is 26.6 Å². The highest BCUT2D eigenvalue weighted by atomic mass is 16.3. The van der Waals surface area contributed by atoms with Crippen molar-refractivity contribution in [1.82, 2.24) is 60.9 Å². The molecule has 0 aromatic rings. The maximum absolute atomic E-state index is 15.1. The summed E-state index contributed by atoms with van der Waals surface area (Å²) in [4.78, 5) is 179. The Morgan fingerprint density at radius 3 is 1.39 bits per heavy atom. The summed E-state index contributed by atoms with van der Waals surface area (Å²) in [5.74, 6) is -9.21. The molecule has 1 aliphatic rings. The van der Waals surface area contributed by atoms with Crippen molar-refractivity contribution in [2.75, 3.05) is 62.5 Å². The lowest BCUT2D eigenvalue weighted by atomic mass is 9.93. The van der Waals surface area contributed by atoms with E-state index in [4.69, 9.17) is 0 Å². The zero-order valence-corrected chi connectivity index (χ0v) is 56.7. The average Bonchev–Trinajstić information content (AvgIpc) is 1.77. The van der Waals surface area contributed by atoms with Gasteiger partial charge in [0, 0.05) is 62.8 Å². The Balaban J connectivity index is 4.22. The molecule has 6 N–H and O–H groups in total. The molecule has 0 spiro atoms. The number of rotatable bonds is 19. The third kappa shape index (κ3) is 23.2. The van der Waals surface area contributed by atoms with Crippen LogP contribution in [0.25, 0.3) is 0 Å². The van der Waals surface area contributed by atoms with Crippen LogP contribution in [0.5, 0.6) is 0 Å². The molecule has 1 fully saturated rings. The van der Waals surface area contributed by atoms with Gasteiger partial charge in [-0.05, 0) is 87.9 Å². The van der Waals surface area contributed by atoms with Crippen molar-refractivity contribution in [2.45, 2.75) is 228 Å². The van der Waals surface area contributed by atoms with Gasteiger partial charge in [-0.2, -0.15) is 0 Å². The molecule has 11 atom stereocenters. The molecule has 1 heterocycles. The van der Waals surface area contributed by atoms with Gasteiger partial charge in [0.15, 0.2) is 0 Å². The van der Waals surface area contributed by atoms with Gasteiger partial charge in [0.2, 0.25) is 59.1 Å². The molecule has 0 aliphatic carbocycles. The normalized spacial score (nSPS) is 25.8. The molecule has 498 valence electrons. The second-order valence-electron chi connectivity index (χ2n) is 26.1. The minimum atomic E-state index is -1.56. The Bertz CT molecular complexity index is 2350. The maximum Gasteiger partial charge on any atom is 0.326 e. The molecule has 25 heteroatoms. The van der Waals surface area contributed by atoms with Crippen molar-refractivity contribution >= 4 is 71.0 Å². The Morgan fingerprint density at radius 2 is 0.908 bits per heavy atom. The second kappa shape index (κ2) is 36.8. The van der Waals surface area contributed by atoms with Crippen LogP contribution in [0.3, 0.4) is 0 Å². The number of hydrogen-bond donors (Lipinski definition) is 6. The molecule has 0 aromatic heterocycles. The lowest BCUT2D eigenvalue weighted by Crippen LogP contribution is -2.62. The van der Waals surface area contributed by atoms with Gasteiger partial charge in [-0.15, -0.1) is 0 Å². The Morgan fingerprint density at radius 1 is 0.471 bits per heavy atom. The van der Waals surface area contributed by atoms with Gasteiger partial charge >= 0.3 is 6.03 Å². The number of hydrogen-bond acceptors (Lipinski definition) is 13. The number of carbonyl (C=O) groups excluding carboxylic acids is 12. The number of nitrogens with zero attached hydrogens (tertiary/aromatic N) is 7. The number of imide groups is 1. The fourth-order valence-corrected chi connectivity index (χ4v) is 10.9.